The van der Waals surface area contributed by atoms with Crippen molar-refractivity contribution in [1.82, 2.24) is 19.5 Å². The Kier molecular flexibility index (Phi) is 5.35. The van der Waals surface area contributed by atoms with E-state index in [1.54, 1.807) is 6.20 Å². The summed E-state index contributed by atoms with van der Waals surface area (Å²) in [5, 5.41) is 3.42. The average molecular weight is 379 g/mol. The Hall–Kier alpha value is -3.91. The highest BCUT2D eigenvalue weighted by atomic mass is 15.1. The first kappa shape index (κ1) is 18.5. The zero-order valence-electron chi connectivity index (χ0n) is 16.4. The lowest BCUT2D eigenvalue weighted by atomic mass is 10.2. The minimum absolute atomic E-state index is 0.722. The molecule has 0 saturated heterocycles. The molecule has 4 rings (SSSR count). The first-order valence-electron chi connectivity index (χ1n) is 9.41. The SMILES string of the molecule is Cc1cc(C#Cc2cn(-c3cncc(NCc4ccccc4)c3)c(C)n2)ccn1. The van der Waals surface area contributed by atoms with Gasteiger partial charge in [-0.15, -0.1) is 0 Å². The number of anilines is 1. The number of aromatic nitrogens is 4. The van der Waals surface area contributed by atoms with Crippen LogP contribution in [-0.2, 0) is 6.54 Å². The Labute approximate surface area is 170 Å². The van der Waals surface area contributed by atoms with E-state index < -0.39 is 0 Å². The molecule has 0 unspecified atom stereocenters. The second-order valence-corrected chi connectivity index (χ2v) is 6.75. The molecule has 1 aromatic carbocycles. The summed E-state index contributed by atoms with van der Waals surface area (Å²) in [7, 11) is 0. The summed E-state index contributed by atoms with van der Waals surface area (Å²) >= 11 is 0. The summed E-state index contributed by atoms with van der Waals surface area (Å²) in [5.41, 5.74) is 5.73. The van der Waals surface area contributed by atoms with E-state index in [1.165, 1.54) is 5.56 Å². The van der Waals surface area contributed by atoms with Gasteiger partial charge in [0.15, 0.2) is 0 Å². The van der Waals surface area contributed by atoms with Gasteiger partial charge >= 0.3 is 0 Å². The number of nitrogens with one attached hydrogen (secondary N) is 1. The molecular weight excluding hydrogens is 358 g/mol. The van der Waals surface area contributed by atoms with Gasteiger partial charge in [0.25, 0.3) is 0 Å². The van der Waals surface area contributed by atoms with Crippen molar-refractivity contribution < 1.29 is 0 Å². The maximum atomic E-state index is 4.57. The molecule has 5 heteroatoms. The van der Waals surface area contributed by atoms with Crippen LogP contribution in [0.3, 0.4) is 0 Å². The standard InChI is InChI=1S/C24H21N5/c1-18-12-20(10-11-26-18)8-9-22-17-29(19(2)28-22)24-13-23(15-25-16-24)27-14-21-6-4-3-5-7-21/h3-7,10-13,15-17,27H,14H2,1-2H3. The molecule has 0 aliphatic rings. The molecule has 0 radical (unpaired) electrons. The van der Waals surface area contributed by atoms with E-state index in [2.05, 4.69) is 50.3 Å². The van der Waals surface area contributed by atoms with Crippen LogP contribution >= 0.6 is 0 Å². The molecular formula is C24H21N5. The lowest BCUT2D eigenvalue weighted by Crippen LogP contribution is -2.02. The molecule has 0 amide bonds. The summed E-state index contributed by atoms with van der Waals surface area (Å²) in [6.07, 6.45) is 7.36. The van der Waals surface area contributed by atoms with Gasteiger partial charge in [-0.1, -0.05) is 36.3 Å². The number of rotatable bonds is 4. The summed E-state index contributed by atoms with van der Waals surface area (Å²) in [6, 6.07) is 16.2. The van der Waals surface area contributed by atoms with Crippen LogP contribution in [0.15, 0.2) is 73.3 Å². The molecule has 3 aromatic heterocycles. The zero-order valence-corrected chi connectivity index (χ0v) is 16.4. The highest BCUT2D eigenvalue weighted by Crippen LogP contribution is 2.16. The predicted octanol–water partition coefficient (Wildman–Crippen LogP) is 4.29. The van der Waals surface area contributed by atoms with E-state index >= 15 is 0 Å². The van der Waals surface area contributed by atoms with Crippen LogP contribution in [0.5, 0.6) is 0 Å². The fourth-order valence-corrected chi connectivity index (χ4v) is 3.01. The molecule has 0 aliphatic carbocycles. The van der Waals surface area contributed by atoms with Crippen molar-refractivity contribution in [3.05, 3.63) is 102 Å². The zero-order chi connectivity index (χ0) is 20.1. The van der Waals surface area contributed by atoms with E-state index in [4.69, 9.17) is 0 Å². The maximum Gasteiger partial charge on any atom is 0.132 e. The number of pyridine rings is 2. The quantitative estimate of drug-likeness (QED) is 0.538. The Balaban J connectivity index is 1.53. The van der Waals surface area contributed by atoms with Crippen molar-refractivity contribution in [1.29, 1.82) is 0 Å². The third-order valence-electron chi connectivity index (χ3n) is 4.46. The van der Waals surface area contributed by atoms with Gasteiger partial charge in [0.1, 0.15) is 11.5 Å². The lowest BCUT2D eigenvalue weighted by Gasteiger charge is -2.09. The Bertz CT molecular complexity index is 1180. The fourth-order valence-electron chi connectivity index (χ4n) is 3.01. The van der Waals surface area contributed by atoms with Crippen molar-refractivity contribution in [2.45, 2.75) is 20.4 Å². The second kappa shape index (κ2) is 8.41. The van der Waals surface area contributed by atoms with E-state index in [0.717, 1.165) is 40.7 Å². The Morgan fingerprint density at radius 3 is 2.69 bits per heavy atom. The molecule has 1 N–H and O–H groups in total. The van der Waals surface area contributed by atoms with Crippen LogP contribution in [-0.4, -0.2) is 19.5 Å². The highest BCUT2D eigenvalue weighted by Gasteiger charge is 2.06. The molecule has 0 spiro atoms. The van der Waals surface area contributed by atoms with Gasteiger partial charge in [0.05, 0.1) is 23.8 Å². The third-order valence-corrected chi connectivity index (χ3v) is 4.46. The predicted molar refractivity (Wildman–Crippen MR) is 115 cm³/mol. The Morgan fingerprint density at radius 2 is 1.86 bits per heavy atom. The van der Waals surface area contributed by atoms with Gasteiger partial charge in [0, 0.05) is 30.2 Å². The molecule has 0 bridgehead atoms. The van der Waals surface area contributed by atoms with Gasteiger partial charge < -0.3 is 9.88 Å². The number of aryl methyl sites for hydroxylation is 2. The van der Waals surface area contributed by atoms with Crippen molar-refractivity contribution in [3.63, 3.8) is 0 Å². The summed E-state index contributed by atoms with van der Waals surface area (Å²) in [4.78, 5) is 13.1. The van der Waals surface area contributed by atoms with Crippen LogP contribution in [0.25, 0.3) is 5.69 Å². The van der Waals surface area contributed by atoms with Gasteiger partial charge in [-0.3, -0.25) is 9.97 Å². The molecule has 0 aliphatic heterocycles. The summed E-state index contributed by atoms with van der Waals surface area (Å²) in [5.74, 6) is 7.15. The first-order chi connectivity index (χ1) is 14.2. The maximum absolute atomic E-state index is 4.57. The molecule has 0 saturated carbocycles. The van der Waals surface area contributed by atoms with Crippen LogP contribution in [0.2, 0.25) is 0 Å². The number of hydrogen-bond acceptors (Lipinski definition) is 4. The van der Waals surface area contributed by atoms with Crippen LogP contribution in [0.4, 0.5) is 5.69 Å². The van der Waals surface area contributed by atoms with E-state index in [9.17, 15) is 0 Å². The molecule has 3 heterocycles. The molecule has 142 valence electrons. The molecule has 29 heavy (non-hydrogen) atoms. The smallest absolute Gasteiger partial charge is 0.132 e. The van der Waals surface area contributed by atoms with Gasteiger partial charge in [0.2, 0.25) is 0 Å². The largest absolute Gasteiger partial charge is 0.380 e. The van der Waals surface area contributed by atoms with Gasteiger partial charge in [-0.25, -0.2) is 4.98 Å². The normalized spacial score (nSPS) is 10.3. The van der Waals surface area contributed by atoms with Gasteiger partial charge in [-0.2, -0.15) is 0 Å². The lowest BCUT2D eigenvalue weighted by molar-refractivity contribution is 0.963. The second-order valence-electron chi connectivity index (χ2n) is 6.75. The topological polar surface area (TPSA) is 55.6 Å². The third kappa shape index (κ3) is 4.69. The van der Waals surface area contributed by atoms with Crippen molar-refractivity contribution in [3.8, 4) is 17.5 Å². The molecule has 5 nitrogen and oxygen atoms in total. The molecule has 4 aromatic rings. The van der Waals surface area contributed by atoms with E-state index in [-0.39, 0.29) is 0 Å². The minimum Gasteiger partial charge on any atom is -0.380 e. The average Bonchev–Trinajstić information content (AvgIpc) is 3.12. The number of imidazole rings is 1. The van der Waals surface area contributed by atoms with E-state index in [0.29, 0.717) is 0 Å². The highest BCUT2D eigenvalue weighted by molar-refractivity contribution is 5.50. The number of benzene rings is 1. The van der Waals surface area contributed by atoms with Crippen LogP contribution < -0.4 is 5.32 Å². The number of hydrogen-bond donors (Lipinski definition) is 1. The summed E-state index contributed by atoms with van der Waals surface area (Å²) < 4.78 is 2.00. The summed E-state index contributed by atoms with van der Waals surface area (Å²) in [6.45, 7) is 4.67. The Morgan fingerprint density at radius 1 is 1.00 bits per heavy atom. The number of nitrogens with zero attached hydrogens (tertiary/aromatic N) is 4. The monoisotopic (exact) mass is 379 g/mol. The van der Waals surface area contributed by atoms with E-state index in [1.807, 2.05) is 67.3 Å². The van der Waals surface area contributed by atoms with Crippen molar-refractivity contribution >= 4 is 5.69 Å². The molecule has 0 atom stereocenters. The fraction of sp³-hybridized carbons (Fsp3) is 0.125. The minimum atomic E-state index is 0.722. The van der Waals surface area contributed by atoms with Gasteiger partial charge in [-0.05, 0) is 43.5 Å². The molecule has 0 fully saturated rings. The van der Waals surface area contributed by atoms with Crippen molar-refractivity contribution in [2.24, 2.45) is 0 Å². The first-order valence-corrected chi connectivity index (χ1v) is 9.41. The van der Waals surface area contributed by atoms with Crippen LogP contribution in [0, 0.1) is 25.7 Å². The van der Waals surface area contributed by atoms with Crippen molar-refractivity contribution in [2.75, 3.05) is 5.32 Å². The van der Waals surface area contributed by atoms with Crippen LogP contribution in [0.1, 0.15) is 28.3 Å².